The van der Waals surface area contributed by atoms with E-state index in [0.717, 1.165) is 18.7 Å². The highest BCUT2D eigenvalue weighted by atomic mass is 35.5. The minimum atomic E-state index is -0.383. The average Bonchev–Trinajstić information content (AvgIpc) is 3.19. The van der Waals surface area contributed by atoms with E-state index >= 15 is 0 Å². The van der Waals surface area contributed by atoms with Crippen molar-refractivity contribution in [1.82, 2.24) is 9.88 Å². The second-order valence-electron chi connectivity index (χ2n) is 7.14. The van der Waals surface area contributed by atoms with Gasteiger partial charge in [0.1, 0.15) is 17.1 Å². The lowest BCUT2D eigenvalue weighted by atomic mass is 10.2. The van der Waals surface area contributed by atoms with Gasteiger partial charge in [0.2, 0.25) is 0 Å². The van der Waals surface area contributed by atoms with Gasteiger partial charge in [-0.25, -0.2) is 9.37 Å². The molecule has 2 aromatic carbocycles. The zero-order valence-electron chi connectivity index (χ0n) is 17.3. The Bertz CT molecular complexity index is 1030. The molecule has 3 aromatic rings. The molecule has 1 aliphatic rings. The summed E-state index contributed by atoms with van der Waals surface area (Å²) in [6, 6.07) is 12.4. The van der Waals surface area contributed by atoms with Crippen LogP contribution in [0.1, 0.15) is 5.56 Å². The van der Waals surface area contributed by atoms with Gasteiger partial charge in [0.15, 0.2) is 11.7 Å². The number of carbonyl (C=O) groups is 1. The molecule has 0 spiro atoms. The molecule has 1 amide bonds. The van der Waals surface area contributed by atoms with Crippen LogP contribution in [0.2, 0.25) is 0 Å². The van der Waals surface area contributed by atoms with Gasteiger partial charge in [-0.1, -0.05) is 35.6 Å². The molecule has 0 aliphatic carbocycles. The molecule has 0 atom stereocenters. The summed E-state index contributed by atoms with van der Waals surface area (Å²) in [7, 11) is 0. The Morgan fingerprint density at radius 1 is 1.23 bits per heavy atom. The topological polar surface area (TPSA) is 54.9 Å². The lowest BCUT2D eigenvalue weighted by molar-refractivity contribution is -0.120. The molecular formula is C22H25ClFN3O3S. The van der Waals surface area contributed by atoms with Crippen molar-refractivity contribution in [3.05, 3.63) is 53.8 Å². The number of rotatable bonds is 7. The Hall–Kier alpha value is -2.26. The average molecular weight is 466 g/mol. The fraction of sp³-hybridized carbons (Fsp3) is 0.364. The molecule has 1 saturated heterocycles. The third-order valence-corrected chi connectivity index (χ3v) is 6.12. The number of anilines is 1. The Morgan fingerprint density at radius 3 is 2.74 bits per heavy atom. The highest BCUT2D eigenvalue weighted by molar-refractivity contribution is 7.22. The molecule has 1 fully saturated rings. The van der Waals surface area contributed by atoms with Crippen LogP contribution in [0.15, 0.2) is 42.5 Å². The molecule has 0 radical (unpaired) electrons. The highest BCUT2D eigenvalue weighted by Gasteiger charge is 2.23. The minimum Gasteiger partial charge on any atom is -0.483 e. The van der Waals surface area contributed by atoms with E-state index in [-0.39, 0.29) is 30.7 Å². The van der Waals surface area contributed by atoms with Gasteiger partial charge in [-0.15, -0.1) is 12.4 Å². The van der Waals surface area contributed by atoms with Crippen LogP contribution in [-0.2, 0) is 9.53 Å². The maximum absolute atomic E-state index is 14.1. The molecule has 2 heterocycles. The number of halogens is 2. The smallest absolute Gasteiger partial charge is 0.266 e. The summed E-state index contributed by atoms with van der Waals surface area (Å²) >= 11 is 1.31. The maximum Gasteiger partial charge on any atom is 0.266 e. The molecule has 0 unspecified atom stereocenters. The van der Waals surface area contributed by atoms with Gasteiger partial charge in [-0.3, -0.25) is 14.6 Å². The molecule has 6 nitrogen and oxygen atoms in total. The van der Waals surface area contributed by atoms with Crippen LogP contribution in [0.3, 0.4) is 0 Å². The summed E-state index contributed by atoms with van der Waals surface area (Å²) in [5.41, 5.74) is 1.26. The quantitative estimate of drug-likeness (QED) is 0.529. The van der Waals surface area contributed by atoms with E-state index in [4.69, 9.17) is 9.47 Å². The largest absolute Gasteiger partial charge is 0.483 e. The van der Waals surface area contributed by atoms with E-state index in [1.807, 2.05) is 37.3 Å². The number of hydrogen-bond donors (Lipinski definition) is 0. The van der Waals surface area contributed by atoms with Crippen molar-refractivity contribution in [2.24, 2.45) is 0 Å². The summed E-state index contributed by atoms with van der Waals surface area (Å²) in [5, 5.41) is 0.488. The zero-order chi connectivity index (χ0) is 20.9. The van der Waals surface area contributed by atoms with E-state index in [1.54, 1.807) is 11.0 Å². The van der Waals surface area contributed by atoms with E-state index in [9.17, 15) is 9.18 Å². The monoisotopic (exact) mass is 465 g/mol. The summed E-state index contributed by atoms with van der Waals surface area (Å²) in [6.45, 7) is 6.02. The van der Waals surface area contributed by atoms with Crippen molar-refractivity contribution in [2.75, 3.05) is 50.9 Å². The fourth-order valence-corrected chi connectivity index (χ4v) is 4.37. The zero-order valence-corrected chi connectivity index (χ0v) is 18.9. The lowest BCUT2D eigenvalue weighted by Gasteiger charge is -2.29. The van der Waals surface area contributed by atoms with E-state index in [0.29, 0.717) is 47.4 Å². The summed E-state index contributed by atoms with van der Waals surface area (Å²) in [5.74, 6) is 0.0899. The van der Waals surface area contributed by atoms with Crippen molar-refractivity contribution in [1.29, 1.82) is 0 Å². The molecule has 4 rings (SSSR count). The molecule has 31 heavy (non-hydrogen) atoms. The lowest BCUT2D eigenvalue weighted by Crippen LogP contribution is -2.44. The molecule has 166 valence electrons. The van der Waals surface area contributed by atoms with Crippen LogP contribution in [-0.4, -0.2) is 61.8 Å². The van der Waals surface area contributed by atoms with Crippen LogP contribution in [0.4, 0.5) is 9.52 Å². The third-order valence-electron chi connectivity index (χ3n) is 5.08. The van der Waals surface area contributed by atoms with Crippen molar-refractivity contribution in [3.63, 3.8) is 0 Å². The Morgan fingerprint density at radius 2 is 2.00 bits per heavy atom. The molecule has 1 aromatic heterocycles. The third kappa shape index (κ3) is 5.71. The number of aryl methyl sites for hydroxylation is 1. The molecule has 0 bridgehead atoms. The molecule has 1 aliphatic heterocycles. The van der Waals surface area contributed by atoms with Crippen LogP contribution in [0, 0.1) is 12.7 Å². The first-order valence-electron chi connectivity index (χ1n) is 9.96. The first-order chi connectivity index (χ1) is 14.6. The highest BCUT2D eigenvalue weighted by Crippen LogP contribution is 2.30. The summed E-state index contributed by atoms with van der Waals surface area (Å²) < 4.78 is 26.0. The molecular weight excluding hydrogens is 441 g/mol. The van der Waals surface area contributed by atoms with Crippen molar-refractivity contribution >= 4 is 45.0 Å². The van der Waals surface area contributed by atoms with Gasteiger partial charge < -0.3 is 9.47 Å². The molecule has 0 saturated carbocycles. The summed E-state index contributed by atoms with van der Waals surface area (Å²) in [6.07, 6.45) is 0. The number of carbonyl (C=O) groups excluding carboxylic acids is 1. The molecule has 0 N–H and O–H groups in total. The van der Waals surface area contributed by atoms with Gasteiger partial charge in [0.05, 0.1) is 17.9 Å². The number of aromatic nitrogens is 1. The number of ether oxygens (including phenoxy) is 2. The fourth-order valence-electron chi connectivity index (χ4n) is 3.35. The first kappa shape index (κ1) is 23.4. The van der Waals surface area contributed by atoms with Gasteiger partial charge in [0, 0.05) is 26.2 Å². The second kappa shape index (κ2) is 10.9. The summed E-state index contributed by atoms with van der Waals surface area (Å²) in [4.78, 5) is 21.4. The van der Waals surface area contributed by atoms with E-state index in [2.05, 4.69) is 9.88 Å². The number of amides is 1. The SMILES string of the molecule is Cc1ccccc1OCC(=O)N(CCN1CCOCC1)c1nc2c(F)cccc2s1.Cl. The number of morpholine rings is 1. The first-order valence-corrected chi connectivity index (χ1v) is 10.8. The van der Waals surface area contributed by atoms with Gasteiger partial charge >= 0.3 is 0 Å². The minimum absolute atomic E-state index is 0. The van der Waals surface area contributed by atoms with Crippen LogP contribution in [0.25, 0.3) is 10.2 Å². The Balaban J connectivity index is 0.00000272. The number of benzene rings is 2. The van der Waals surface area contributed by atoms with Crippen LogP contribution in [0.5, 0.6) is 5.75 Å². The Kier molecular flexibility index (Phi) is 8.20. The van der Waals surface area contributed by atoms with Gasteiger partial charge in [-0.2, -0.15) is 0 Å². The predicted molar refractivity (Wildman–Crippen MR) is 123 cm³/mol. The van der Waals surface area contributed by atoms with Gasteiger partial charge in [-0.05, 0) is 30.7 Å². The van der Waals surface area contributed by atoms with Gasteiger partial charge in [0.25, 0.3) is 5.91 Å². The maximum atomic E-state index is 14.1. The number of para-hydroxylation sites is 2. The van der Waals surface area contributed by atoms with Crippen LogP contribution >= 0.6 is 23.7 Å². The van der Waals surface area contributed by atoms with Crippen molar-refractivity contribution < 1.29 is 18.7 Å². The number of fused-ring (bicyclic) bond motifs is 1. The number of thiazole rings is 1. The predicted octanol–water partition coefficient (Wildman–Crippen LogP) is 3.91. The van der Waals surface area contributed by atoms with Crippen LogP contribution < -0.4 is 9.64 Å². The standard InChI is InChI=1S/C22H24FN3O3S.ClH/c1-16-5-2-3-7-18(16)29-15-20(27)26(10-9-25-11-13-28-14-12-25)22-24-21-17(23)6-4-8-19(21)30-22;/h2-8H,9-15H2,1H3;1H. The normalized spacial score (nSPS) is 14.3. The Labute approximate surface area is 191 Å². The van der Waals surface area contributed by atoms with E-state index < -0.39 is 0 Å². The van der Waals surface area contributed by atoms with Crippen molar-refractivity contribution in [3.8, 4) is 5.75 Å². The van der Waals surface area contributed by atoms with Crippen molar-refractivity contribution in [2.45, 2.75) is 6.92 Å². The number of hydrogen-bond acceptors (Lipinski definition) is 6. The van der Waals surface area contributed by atoms with E-state index in [1.165, 1.54) is 17.4 Å². The second-order valence-corrected chi connectivity index (χ2v) is 8.15. The molecule has 9 heteroatoms. The number of nitrogens with zero attached hydrogens (tertiary/aromatic N) is 3.